The second kappa shape index (κ2) is 10.7. The van der Waals surface area contributed by atoms with E-state index < -0.39 is 0 Å². The highest BCUT2D eigenvalue weighted by molar-refractivity contribution is 7.25. The van der Waals surface area contributed by atoms with E-state index in [1.807, 2.05) is 36.5 Å². The van der Waals surface area contributed by atoms with Gasteiger partial charge < -0.3 is 9.73 Å². The van der Waals surface area contributed by atoms with E-state index in [1.165, 1.54) is 30.9 Å². The number of fused-ring (bicyclic) bond motifs is 7. The van der Waals surface area contributed by atoms with Gasteiger partial charge in [-0.25, -0.2) is 9.98 Å². The Bertz CT molecular complexity index is 2780. The number of amidine groups is 2. The maximum absolute atomic E-state index is 6.71. The molecule has 4 heterocycles. The van der Waals surface area contributed by atoms with Crippen LogP contribution in [0.1, 0.15) is 22.9 Å². The first-order valence-electron chi connectivity index (χ1n) is 16.0. The lowest BCUT2D eigenvalue weighted by Crippen LogP contribution is -2.33. The van der Waals surface area contributed by atoms with Crippen molar-refractivity contribution in [2.75, 3.05) is 0 Å². The van der Waals surface area contributed by atoms with Gasteiger partial charge in [0.15, 0.2) is 11.4 Å². The second-order valence-corrected chi connectivity index (χ2v) is 13.1. The zero-order chi connectivity index (χ0) is 31.6. The number of thiophene rings is 1. The fraction of sp³-hybridized carbons (Fsp3) is 0.0238. The molecule has 9 aromatic rings. The second-order valence-electron chi connectivity index (χ2n) is 12.0. The summed E-state index contributed by atoms with van der Waals surface area (Å²) in [5.74, 6) is 1.44. The van der Waals surface area contributed by atoms with Crippen LogP contribution < -0.4 is 5.32 Å². The Morgan fingerprint density at radius 3 is 2.35 bits per heavy atom. The quantitative estimate of drug-likeness (QED) is 0.210. The lowest BCUT2D eigenvalue weighted by Gasteiger charge is -2.24. The maximum Gasteiger partial charge on any atom is 0.161 e. The van der Waals surface area contributed by atoms with Crippen LogP contribution in [0, 0.1) is 0 Å². The van der Waals surface area contributed by atoms with Crippen LogP contribution in [0.2, 0.25) is 0 Å². The topological polar surface area (TPSA) is 62.8 Å². The van der Waals surface area contributed by atoms with Crippen molar-refractivity contribution in [2.24, 2.45) is 9.98 Å². The van der Waals surface area contributed by atoms with Gasteiger partial charge in [0.05, 0.1) is 0 Å². The molecule has 6 heteroatoms. The van der Waals surface area contributed by atoms with Gasteiger partial charge in [-0.3, -0.25) is 4.98 Å². The number of hydrogen-bond acceptors (Lipinski definition) is 6. The zero-order valence-electron chi connectivity index (χ0n) is 25.6. The molecule has 3 aromatic heterocycles. The van der Waals surface area contributed by atoms with E-state index in [4.69, 9.17) is 19.4 Å². The number of nitrogens with zero attached hydrogens (tertiary/aromatic N) is 3. The number of nitrogens with one attached hydrogen (secondary N) is 1. The van der Waals surface area contributed by atoms with Crippen molar-refractivity contribution in [3.8, 4) is 11.3 Å². The summed E-state index contributed by atoms with van der Waals surface area (Å²) in [4.78, 5) is 15.2. The number of furan rings is 1. The van der Waals surface area contributed by atoms with Crippen LogP contribution in [0.3, 0.4) is 0 Å². The Morgan fingerprint density at radius 2 is 1.42 bits per heavy atom. The van der Waals surface area contributed by atoms with Gasteiger partial charge in [0.1, 0.15) is 23.3 Å². The fourth-order valence-electron chi connectivity index (χ4n) is 6.96. The molecular weight excluding hydrogens is 609 g/mol. The Hall–Kier alpha value is -6.11. The first kappa shape index (κ1) is 27.0. The summed E-state index contributed by atoms with van der Waals surface area (Å²) >= 11 is 1.81. The molecule has 226 valence electrons. The van der Waals surface area contributed by atoms with Gasteiger partial charge in [-0.05, 0) is 46.7 Å². The van der Waals surface area contributed by atoms with Crippen molar-refractivity contribution in [1.29, 1.82) is 0 Å². The normalized spacial score (nSPS) is 14.9. The van der Waals surface area contributed by atoms with Crippen LogP contribution in [0.15, 0.2) is 160 Å². The molecule has 1 N–H and O–H groups in total. The summed E-state index contributed by atoms with van der Waals surface area (Å²) in [7, 11) is 0. The van der Waals surface area contributed by atoms with Crippen LogP contribution in [-0.2, 0) is 0 Å². The van der Waals surface area contributed by atoms with Gasteiger partial charge >= 0.3 is 0 Å². The minimum Gasteiger partial charge on any atom is -0.454 e. The average molecular weight is 635 g/mol. The summed E-state index contributed by atoms with van der Waals surface area (Å²) in [6, 6.07) is 48.4. The largest absolute Gasteiger partial charge is 0.454 e. The van der Waals surface area contributed by atoms with E-state index in [0.717, 1.165) is 55.7 Å². The highest BCUT2D eigenvalue weighted by Crippen LogP contribution is 2.43. The SMILES string of the molecule is c1ccc(C2=NC(c3ccc4ccccc4c3)NC(c3cccc4oc5c(-c6cccc7sc8ccccc8c67)nccc5c34)=N2)cc1. The fourth-order valence-corrected chi connectivity index (χ4v) is 8.10. The summed E-state index contributed by atoms with van der Waals surface area (Å²) in [5, 5.41) is 10.5. The third kappa shape index (κ3) is 4.27. The number of pyridine rings is 1. The summed E-state index contributed by atoms with van der Waals surface area (Å²) in [6.07, 6.45) is 1.56. The van der Waals surface area contributed by atoms with Crippen LogP contribution in [0.25, 0.3) is 64.1 Å². The van der Waals surface area contributed by atoms with E-state index in [1.54, 1.807) is 11.3 Å². The van der Waals surface area contributed by atoms with Gasteiger partial charge in [-0.2, -0.15) is 0 Å². The molecule has 0 bridgehead atoms. The molecule has 1 aliphatic heterocycles. The molecule has 0 fully saturated rings. The molecule has 48 heavy (non-hydrogen) atoms. The molecule has 6 aromatic carbocycles. The highest BCUT2D eigenvalue weighted by atomic mass is 32.1. The Balaban J connectivity index is 1.17. The Morgan fingerprint density at radius 1 is 0.625 bits per heavy atom. The molecule has 1 unspecified atom stereocenters. The smallest absolute Gasteiger partial charge is 0.161 e. The summed E-state index contributed by atoms with van der Waals surface area (Å²) in [6.45, 7) is 0. The van der Waals surface area contributed by atoms with Crippen LogP contribution in [-0.4, -0.2) is 16.7 Å². The number of aliphatic imine (C=N–C) groups is 2. The third-order valence-corrected chi connectivity index (χ3v) is 10.3. The van der Waals surface area contributed by atoms with Gasteiger partial charge in [0, 0.05) is 53.8 Å². The van der Waals surface area contributed by atoms with Crippen LogP contribution in [0.4, 0.5) is 0 Å². The molecule has 0 amide bonds. The predicted molar refractivity (Wildman–Crippen MR) is 199 cm³/mol. The molecule has 0 saturated carbocycles. The van der Waals surface area contributed by atoms with Crippen molar-refractivity contribution in [3.05, 3.63) is 162 Å². The minimum absolute atomic E-state index is 0.326. The molecule has 10 rings (SSSR count). The molecule has 0 saturated heterocycles. The average Bonchev–Trinajstić information content (AvgIpc) is 3.74. The van der Waals surface area contributed by atoms with Crippen molar-refractivity contribution in [1.82, 2.24) is 10.3 Å². The number of aromatic nitrogens is 1. The van der Waals surface area contributed by atoms with Gasteiger partial charge in [-0.15, -0.1) is 11.3 Å². The Kier molecular flexibility index (Phi) is 6.04. The summed E-state index contributed by atoms with van der Waals surface area (Å²) in [5.41, 5.74) is 6.45. The van der Waals surface area contributed by atoms with E-state index in [2.05, 4.69) is 115 Å². The van der Waals surface area contributed by atoms with Gasteiger partial charge in [0.25, 0.3) is 0 Å². The van der Waals surface area contributed by atoms with Gasteiger partial charge in [-0.1, -0.05) is 109 Å². The molecule has 5 nitrogen and oxygen atoms in total. The number of hydrogen-bond donors (Lipinski definition) is 1. The van der Waals surface area contributed by atoms with Crippen LogP contribution in [0.5, 0.6) is 0 Å². The van der Waals surface area contributed by atoms with Crippen molar-refractivity contribution in [3.63, 3.8) is 0 Å². The Labute approximate surface area is 279 Å². The first-order valence-corrected chi connectivity index (χ1v) is 16.8. The lowest BCUT2D eigenvalue weighted by molar-refractivity contribution is 0.667. The zero-order valence-corrected chi connectivity index (χ0v) is 26.4. The van der Waals surface area contributed by atoms with E-state index in [-0.39, 0.29) is 6.17 Å². The predicted octanol–water partition coefficient (Wildman–Crippen LogP) is 10.7. The maximum atomic E-state index is 6.71. The van der Waals surface area contributed by atoms with Crippen molar-refractivity contribution >= 4 is 75.9 Å². The first-order chi connectivity index (χ1) is 23.8. The standard InChI is InChI=1S/C42H26N4OS/c1-2-11-26(12-3-1)40-44-41(28-21-20-25-10-4-5-13-27(25)24-28)46-42(45-40)32-16-8-17-33-36(32)31-22-23-43-38(39(31)47-33)30-15-9-19-35-37(30)29-14-6-7-18-34(29)48-35/h1-24,41H,(H,44,45,46). The minimum atomic E-state index is -0.326. The number of rotatable bonds is 4. The molecule has 0 aliphatic carbocycles. The molecule has 1 atom stereocenters. The van der Waals surface area contributed by atoms with E-state index in [9.17, 15) is 0 Å². The van der Waals surface area contributed by atoms with Crippen molar-refractivity contribution in [2.45, 2.75) is 6.17 Å². The number of benzene rings is 6. The van der Waals surface area contributed by atoms with E-state index >= 15 is 0 Å². The third-order valence-electron chi connectivity index (χ3n) is 9.19. The molecule has 0 spiro atoms. The summed E-state index contributed by atoms with van der Waals surface area (Å²) < 4.78 is 9.20. The molecule has 1 aliphatic rings. The monoisotopic (exact) mass is 634 g/mol. The van der Waals surface area contributed by atoms with Crippen LogP contribution >= 0.6 is 11.3 Å². The van der Waals surface area contributed by atoms with Gasteiger partial charge in [0.2, 0.25) is 0 Å². The van der Waals surface area contributed by atoms with E-state index in [0.29, 0.717) is 5.84 Å². The molecule has 0 radical (unpaired) electrons. The molecular formula is C42H26N4OS. The highest BCUT2D eigenvalue weighted by Gasteiger charge is 2.25. The lowest BCUT2D eigenvalue weighted by atomic mass is 10.00. The van der Waals surface area contributed by atoms with Crippen molar-refractivity contribution < 1.29 is 4.42 Å².